The van der Waals surface area contributed by atoms with Crippen molar-refractivity contribution in [2.75, 3.05) is 9.62 Å². The predicted molar refractivity (Wildman–Crippen MR) is 112 cm³/mol. The van der Waals surface area contributed by atoms with Gasteiger partial charge in [-0.1, -0.05) is 61.0 Å². The third-order valence-corrected chi connectivity index (χ3v) is 7.83. The van der Waals surface area contributed by atoms with Crippen molar-refractivity contribution in [3.05, 3.63) is 89.5 Å². The summed E-state index contributed by atoms with van der Waals surface area (Å²) in [6.07, 6.45) is 0.420. The smallest absolute Gasteiger partial charge is 0.266 e. The average Bonchev–Trinajstić information content (AvgIpc) is 2.98. The average molecular weight is 391 g/mol. The molecule has 2 aliphatic heterocycles. The molecule has 3 aromatic carbocycles. The number of nitrogens with zero attached hydrogens (tertiary/aromatic N) is 1. The lowest BCUT2D eigenvalue weighted by atomic mass is 9.74. The van der Waals surface area contributed by atoms with E-state index in [1.165, 1.54) is 5.56 Å². The van der Waals surface area contributed by atoms with Crippen molar-refractivity contribution < 1.29 is 8.42 Å². The van der Waals surface area contributed by atoms with Crippen LogP contribution in [0.5, 0.6) is 0 Å². The van der Waals surface area contributed by atoms with Crippen LogP contribution in [-0.4, -0.2) is 14.6 Å². The molecule has 0 radical (unpaired) electrons. The molecule has 2 heterocycles. The monoisotopic (exact) mass is 390 g/mol. The quantitative estimate of drug-likeness (QED) is 0.703. The van der Waals surface area contributed by atoms with Gasteiger partial charge in [0.15, 0.2) is 0 Å². The van der Waals surface area contributed by atoms with Crippen LogP contribution in [-0.2, 0) is 21.9 Å². The topological polar surface area (TPSA) is 49.4 Å². The predicted octanol–water partition coefficient (Wildman–Crippen LogP) is 4.46. The first-order valence-electron chi connectivity index (χ1n) is 9.46. The fraction of sp³-hybridized carbons (Fsp3) is 0.217. The molecule has 0 aliphatic carbocycles. The number of para-hydroxylation sites is 2. The van der Waals surface area contributed by atoms with Gasteiger partial charge in [0.2, 0.25) is 0 Å². The molecule has 5 heteroatoms. The second-order valence-electron chi connectivity index (χ2n) is 7.93. The first-order valence-corrected chi connectivity index (χ1v) is 10.9. The molecular weight excluding hydrogens is 368 g/mol. The Bertz CT molecular complexity index is 1170. The van der Waals surface area contributed by atoms with Crippen LogP contribution in [0.2, 0.25) is 0 Å². The minimum atomic E-state index is -3.73. The van der Waals surface area contributed by atoms with E-state index in [1.807, 2.05) is 61.5 Å². The van der Waals surface area contributed by atoms with Crippen LogP contribution in [0, 0.1) is 6.92 Å². The molecule has 142 valence electrons. The Morgan fingerprint density at radius 1 is 0.964 bits per heavy atom. The van der Waals surface area contributed by atoms with E-state index in [1.54, 1.807) is 16.4 Å². The summed E-state index contributed by atoms with van der Waals surface area (Å²) in [5.41, 5.74) is 4.67. The molecule has 2 aliphatic rings. The number of benzene rings is 3. The van der Waals surface area contributed by atoms with E-state index < -0.39 is 10.0 Å². The summed E-state index contributed by atoms with van der Waals surface area (Å²) in [5.74, 6) is 0. The molecule has 2 atom stereocenters. The summed E-state index contributed by atoms with van der Waals surface area (Å²) in [7, 11) is -3.73. The maximum atomic E-state index is 13.8. The van der Waals surface area contributed by atoms with Gasteiger partial charge < -0.3 is 5.32 Å². The first kappa shape index (κ1) is 17.3. The zero-order chi connectivity index (χ0) is 19.5. The summed E-state index contributed by atoms with van der Waals surface area (Å²) in [6, 6.07) is 23.1. The Balaban J connectivity index is 1.74. The van der Waals surface area contributed by atoms with E-state index in [0.29, 0.717) is 4.90 Å². The van der Waals surface area contributed by atoms with Gasteiger partial charge in [-0.3, -0.25) is 0 Å². The molecule has 0 saturated heterocycles. The minimum Gasteiger partial charge on any atom is -0.363 e. The molecule has 1 N–H and O–H groups in total. The van der Waals surface area contributed by atoms with E-state index in [0.717, 1.165) is 28.9 Å². The van der Waals surface area contributed by atoms with Gasteiger partial charge in [-0.05, 0) is 48.7 Å². The second-order valence-corrected chi connectivity index (χ2v) is 9.74. The van der Waals surface area contributed by atoms with Crippen LogP contribution in [0.4, 0.5) is 11.4 Å². The molecule has 28 heavy (non-hydrogen) atoms. The number of hydrogen-bond acceptors (Lipinski definition) is 3. The van der Waals surface area contributed by atoms with Crippen molar-refractivity contribution in [1.82, 2.24) is 0 Å². The van der Waals surface area contributed by atoms with E-state index >= 15 is 0 Å². The SMILES string of the molecule is Cc1ccc(S(=O)(=O)N2c3ccccc3C[C@@]3(C)c4ccccc4N[C@@H]23)cc1. The molecule has 0 aromatic heterocycles. The molecule has 0 saturated carbocycles. The zero-order valence-corrected chi connectivity index (χ0v) is 16.7. The van der Waals surface area contributed by atoms with Gasteiger partial charge in [-0.15, -0.1) is 0 Å². The largest absolute Gasteiger partial charge is 0.363 e. The molecule has 0 fully saturated rings. The maximum absolute atomic E-state index is 13.8. The van der Waals surface area contributed by atoms with Gasteiger partial charge in [0.05, 0.1) is 10.6 Å². The number of sulfonamides is 1. The van der Waals surface area contributed by atoms with E-state index in [-0.39, 0.29) is 11.6 Å². The van der Waals surface area contributed by atoms with Crippen molar-refractivity contribution in [2.24, 2.45) is 0 Å². The molecule has 5 rings (SSSR count). The highest BCUT2D eigenvalue weighted by Gasteiger charge is 2.53. The summed E-state index contributed by atoms with van der Waals surface area (Å²) >= 11 is 0. The third kappa shape index (κ3) is 2.32. The second kappa shape index (κ2) is 5.85. The van der Waals surface area contributed by atoms with Crippen LogP contribution < -0.4 is 9.62 Å². The Hall–Kier alpha value is -2.79. The molecule has 0 unspecified atom stereocenters. The third-order valence-electron chi connectivity index (χ3n) is 6.04. The number of anilines is 2. The van der Waals surface area contributed by atoms with Gasteiger partial charge in [-0.25, -0.2) is 12.7 Å². The lowest BCUT2D eigenvalue weighted by Gasteiger charge is -2.45. The van der Waals surface area contributed by atoms with Gasteiger partial charge in [-0.2, -0.15) is 0 Å². The standard InChI is InChI=1S/C23H22N2O2S/c1-16-11-13-18(14-12-16)28(26,27)25-21-10-6-3-7-17(21)15-23(2)19-8-4-5-9-20(19)24-22(23)25/h3-14,22,24H,15H2,1-2H3/t22-,23-/m0/s1. The maximum Gasteiger partial charge on any atom is 0.266 e. The fourth-order valence-electron chi connectivity index (χ4n) is 4.57. The van der Waals surface area contributed by atoms with Crippen molar-refractivity contribution in [2.45, 2.75) is 36.7 Å². The molecule has 0 amide bonds. The Morgan fingerprint density at radius 2 is 1.64 bits per heavy atom. The van der Waals surface area contributed by atoms with Gasteiger partial charge in [0.25, 0.3) is 10.0 Å². The van der Waals surface area contributed by atoms with Gasteiger partial charge in [0, 0.05) is 11.1 Å². The fourth-order valence-corrected chi connectivity index (χ4v) is 6.28. The van der Waals surface area contributed by atoms with Crippen LogP contribution in [0.15, 0.2) is 77.7 Å². The highest BCUT2D eigenvalue weighted by Crippen LogP contribution is 2.51. The Kier molecular flexibility index (Phi) is 3.62. The first-order chi connectivity index (χ1) is 13.4. The molecular formula is C23H22N2O2S. The zero-order valence-electron chi connectivity index (χ0n) is 15.9. The molecule has 3 aromatic rings. The summed E-state index contributed by atoms with van der Waals surface area (Å²) < 4.78 is 29.2. The van der Waals surface area contributed by atoms with Crippen LogP contribution in [0.3, 0.4) is 0 Å². The number of aryl methyl sites for hydroxylation is 1. The van der Waals surface area contributed by atoms with Gasteiger partial charge >= 0.3 is 0 Å². The highest BCUT2D eigenvalue weighted by atomic mass is 32.2. The Labute approximate surface area is 165 Å². The van der Waals surface area contributed by atoms with Crippen molar-refractivity contribution in [3.63, 3.8) is 0 Å². The van der Waals surface area contributed by atoms with E-state index in [9.17, 15) is 8.42 Å². The van der Waals surface area contributed by atoms with Crippen LogP contribution >= 0.6 is 0 Å². The Morgan fingerprint density at radius 3 is 2.43 bits per heavy atom. The lowest BCUT2D eigenvalue weighted by molar-refractivity contribution is 0.405. The molecule has 0 spiro atoms. The van der Waals surface area contributed by atoms with Crippen LogP contribution in [0.1, 0.15) is 23.6 Å². The summed E-state index contributed by atoms with van der Waals surface area (Å²) in [5, 5.41) is 3.50. The van der Waals surface area contributed by atoms with Crippen molar-refractivity contribution in [1.29, 1.82) is 0 Å². The summed E-state index contributed by atoms with van der Waals surface area (Å²) in [6.45, 7) is 4.11. The van der Waals surface area contributed by atoms with Crippen molar-refractivity contribution in [3.8, 4) is 0 Å². The van der Waals surface area contributed by atoms with Crippen molar-refractivity contribution >= 4 is 21.4 Å². The normalized spacial score (nSPS) is 22.8. The lowest BCUT2D eigenvalue weighted by Crippen LogP contribution is -2.56. The van der Waals surface area contributed by atoms with Crippen LogP contribution in [0.25, 0.3) is 0 Å². The number of nitrogens with one attached hydrogen (secondary N) is 1. The highest BCUT2D eigenvalue weighted by molar-refractivity contribution is 7.92. The molecule has 4 nitrogen and oxygen atoms in total. The number of fused-ring (bicyclic) bond motifs is 4. The van der Waals surface area contributed by atoms with Gasteiger partial charge in [0.1, 0.15) is 6.17 Å². The van der Waals surface area contributed by atoms with E-state index in [2.05, 4.69) is 18.3 Å². The van der Waals surface area contributed by atoms with E-state index in [4.69, 9.17) is 0 Å². The minimum absolute atomic E-state index is 0.315. The summed E-state index contributed by atoms with van der Waals surface area (Å²) in [4.78, 5) is 0.315. The number of rotatable bonds is 2. The molecule has 0 bridgehead atoms. The number of hydrogen-bond donors (Lipinski definition) is 1.